The fraction of sp³-hybridized carbons (Fsp3) is 0.133. The van der Waals surface area contributed by atoms with Gasteiger partial charge in [-0.2, -0.15) is 0 Å². The molecule has 0 radical (unpaired) electrons. The minimum absolute atomic E-state index is 0.172. The van der Waals surface area contributed by atoms with Crippen LogP contribution >= 0.6 is 0 Å². The number of phenolic OH excluding ortho intramolecular Hbond substituents is 1. The molecule has 0 aliphatic rings. The van der Waals surface area contributed by atoms with Crippen molar-refractivity contribution in [2.45, 2.75) is 6.04 Å². The van der Waals surface area contributed by atoms with Gasteiger partial charge < -0.3 is 16.2 Å². The smallest absolute Gasteiger partial charge is 0.258 e. The Labute approximate surface area is 116 Å². The van der Waals surface area contributed by atoms with Crippen LogP contribution in [-0.2, 0) is 0 Å². The van der Waals surface area contributed by atoms with E-state index in [1.54, 1.807) is 0 Å². The minimum atomic E-state index is -0.772. The van der Waals surface area contributed by atoms with Crippen LogP contribution in [0.25, 0.3) is 0 Å². The standard InChI is InChI=1S/C15H15FN2O2/c16-11-7-4-8-13(19)14(11)15(20)18-12(9-17)10-5-2-1-3-6-10/h1-8,12,19H,9,17H2,(H,18,20). The quantitative estimate of drug-likeness (QED) is 0.797. The number of nitrogens with two attached hydrogens (primary N) is 1. The molecule has 0 saturated heterocycles. The van der Waals surface area contributed by atoms with Gasteiger partial charge in [0.25, 0.3) is 5.91 Å². The van der Waals surface area contributed by atoms with Crippen LogP contribution in [0.3, 0.4) is 0 Å². The van der Waals surface area contributed by atoms with E-state index in [4.69, 9.17) is 5.73 Å². The first kappa shape index (κ1) is 14.0. The van der Waals surface area contributed by atoms with E-state index in [1.807, 2.05) is 30.3 Å². The first-order valence-corrected chi connectivity index (χ1v) is 6.17. The third kappa shape index (κ3) is 2.95. The summed E-state index contributed by atoms with van der Waals surface area (Å²) in [5.41, 5.74) is 6.08. The number of amides is 1. The van der Waals surface area contributed by atoms with Gasteiger partial charge in [-0.3, -0.25) is 4.79 Å². The predicted octanol–water partition coefficient (Wildman–Crippen LogP) is 1.96. The average Bonchev–Trinajstić information content (AvgIpc) is 2.45. The lowest BCUT2D eigenvalue weighted by Crippen LogP contribution is -2.33. The molecule has 1 unspecified atom stereocenters. The first-order chi connectivity index (χ1) is 9.63. The van der Waals surface area contributed by atoms with E-state index in [1.165, 1.54) is 12.1 Å². The van der Waals surface area contributed by atoms with E-state index in [0.717, 1.165) is 11.6 Å². The molecule has 2 aromatic rings. The number of hydrogen-bond acceptors (Lipinski definition) is 3. The molecule has 4 nitrogen and oxygen atoms in total. The van der Waals surface area contributed by atoms with Crippen molar-refractivity contribution in [1.82, 2.24) is 5.32 Å². The van der Waals surface area contributed by atoms with E-state index in [0.29, 0.717) is 0 Å². The van der Waals surface area contributed by atoms with Crippen molar-refractivity contribution in [2.75, 3.05) is 6.54 Å². The molecule has 0 aromatic heterocycles. The molecule has 0 aliphatic carbocycles. The number of benzene rings is 2. The highest BCUT2D eigenvalue weighted by Gasteiger charge is 2.20. The van der Waals surface area contributed by atoms with Gasteiger partial charge in [0.15, 0.2) is 0 Å². The molecule has 0 saturated carbocycles. The Morgan fingerprint density at radius 3 is 2.50 bits per heavy atom. The third-order valence-corrected chi connectivity index (χ3v) is 2.96. The lowest BCUT2D eigenvalue weighted by atomic mass is 10.1. The lowest BCUT2D eigenvalue weighted by Gasteiger charge is -2.17. The van der Waals surface area contributed by atoms with Crippen LogP contribution in [-0.4, -0.2) is 17.6 Å². The molecule has 2 aromatic carbocycles. The second-order valence-electron chi connectivity index (χ2n) is 4.31. The van der Waals surface area contributed by atoms with Gasteiger partial charge in [0, 0.05) is 6.54 Å². The SMILES string of the molecule is NCC(NC(=O)c1c(O)cccc1F)c1ccccc1. The van der Waals surface area contributed by atoms with Gasteiger partial charge in [-0.25, -0.2) is 4.39 Å². The van der Waals surface area contributed by atoms with Gasteiger partial charge in [0.1, 0.15) is 17.1 Å². The van der Waals surface area contributed by atoms with Crippen molar-refractivity contribution < 1.29 is 14.3 Å². The normalized spacial score (nSPS) is 11.9. The highest BCUT2D eigenvalue weighted by Crippen LogP contribution is 2.21. The molecule has 1 amide bonds. The van der Waals surface area contributed by atoms with Crippen LogP contribution in [0.2, 0.25) is 0 Å². The van der Waals surface area contributed by atoms with Crippen LogP contribution in [0.5, 0.6) is 5.75 Å². The van der Waals surface area contributed by atoms with E-state index >= 15 is 0 Å². The van der Waals surface area contributed by atoms with Crippen LogP contribution in [0, 0.1) is 5.82 Å². The van der Waals surface area contributed by atoms with E-state index in [2.05, 4.69) is 5.32 Å². The molecule has 0 bridgehead atoms. The summed E-state index contributed by atoms with van der Waals surface area (Å²) in [5.74, 6) is -1.86. The third-order valence-electron chi connectivity index (χ3n) is 2.96. The minimum Gasteiger partial charge on any atom is -0.507 e. The molecule has 4 N–H and O–H groups in total. The van der Waals surface area contributed by atoms with Crippen molar-refractivity contribution in [1.29, 1.82) is 0 Å². The Balaban J connectivity index is 2.22. The van der Waals surface area contributed by atoms with Crippen molar-refractivity contribution >= 4 is 5.91 Å². The number of hydrogen-bond donors (Lipinski definition) is 3. The Kier molecular flexibility index (Phi) is 4.32. The Hall–Kier alpha value is -2.40. The molecular weight excluding hydrogens is 259 g/mol. The van der Waals surface area contributed by atoms with Gasteiger partial charge in [-0.15, -0.1) is 0 Å². The fourth-order valence-electron chi connectivity index (χ4n) is 1.93. The lowest BCUT2D eigenvalue weighted by molar-refractivity contribution is 0.0931. The number of carbonyl (C=O) groups is 1. The molecule has 0 aliphatic heterocycles. The Morgan fingerprint density at radius 2 is 1.90 bits per heavy atom. The maximum atomic E-state index is 13.6. The summed E-state index contributed by atoms with van der Waals surface area (Å²) < 4.78 is 13.6. The number of halogens is 1. The summed E-state index contributed by atoms with van der Waals surface area (Å²) >= 11 is 0. The summed E-state index contributed by atoms with van der Waals surface area (Å²) in [7, 11) is 0. The van der Waals surface area contributed by atoms with Crippen molar-refractivity contribution in [3.63, 3.8) is 0 Å². The van der Waals surface area contributed by atoms with Crippen molar-refractivity contribution in [2.24, 2.45) is 5.73 Å². The largest absolute Gasteiger partial charge is 0.507 e. The predicted molar refractivity (Wildman–Crippen MR) is 73.8 cm³/mol. The fourth-order valence-corrected chi connectivity index (χ4v) is 1.93. The molecule has 20 heavy (non-hydrogen) atoms. The molecule has 0 fully saturated rings. The number of rotatable bonds is 4. The summed E-state index contributed by atoms with van der Waals surface area (Å²) in [6.07, 6.45) is 0. The van der Waals surface area contributed by atoms with Crippen LogP contribution in [0.4, 0.5) is 4.39 Å². The Bertz CT molecular complexity index is 582. The number of nitrogens with one attached hydrogen (secondary N) is 1. The van der Waals surface area contributed by atoms with Gasteiger partial charge in [0.05, 0.1) is 6.04 Å². The maximum Gasteiger partial charge on any atom is 0.258 e. The number of phenols is 1. The molecule has 5 heteroatoms. The second kappa shape index (κ2) is 6.16. The maximum absolute atomic E-state index is 13.6. The van der Waals surface area contributed by atoms with Gasteiger partial charge in [0.2, 0.25) is 0 Å². The van der Waals surface area contributed by atoms with E-state index in [-0.39, 0.29) is 12.1 Å². The molecule has 1 atom stereocenters. The molecular formula is C15H15FN2O2. The van der Waals surface area contributed by atoms with Gasteiger partial charge in [-0.05, 0) is 17.7 Å². The zero-order valence-electron chi connectivity index (χ0n) is 10.7. The molecule has 0 spiro atoms. The topological polar surface area (TPSA) is 75.3 Å². The highest BCUT2D eigenvalue weighted by molar-refractivity contribution is 5.97. The first-order valence-electron chi connectivity index (χ1n) is 6.17. The van der Waals surface area contributed by atoms with E-state index in [9.17, 15) is 14.3 Å². The summed E-state index contributed by atoms with van der Waals surface area (Å²) in [5, 5.41) is 12.2. The zero-order chi connectivity index (χ0) is 14.5. The summed E-state index contributed by atoms with van der Waals surface area (Å²) in [4.78, 5) is 12.1. The Morgan fingerprint density at radius 1 is 1.20 bits per heavy atom. The van der Waals surface area contributed by atoms with Crippen molar-refractivity contribution in [3.05, 3.63) is 65.5 Å². The number of carbonyl (C=O) groups excluding carboxylic acids is 1. The van der Waals surface area contributed by atoms with Crippen LogP contribution in [0.1, 0.15) is 22.0 Å². The highest BCUT2D eigenvalue weighted by atomic mass is 19.1. The molecule has 0 heterocycles. The zero-order valence-corrected chi connectivity index (χ0v) is 10.7. The second-order valence-corrected chi connectivity index (χ2v) is 4.31. The van der Waals surface area contributed by atoms with E-state index < -0.39 is 23.5 Å². The summed E-state index contributed by atoms with van der Waals surface area (Å²) in [6.45, 7) is 0.172. The monoisotopic (exact) mass is 274 g/mol. The van der Waals surface area contributed by atoms with Crippen LogP contribution in [0.15, 0.2) is 48.5 Å². The van der Waals surface area contributed by atoms with Crippen LogP contribution < -0.4 is 11.1 Å². The average molecular weight is 274 g/mol. The van der Waals surface area contributed by atoms with Gasteiger partial charge in [-0.1, -0.05) is 36.4 Å². The number of aromatic hydroxyl groups is 1. The van der Waals surface area contributed by atoms with Gasteiger partial charge >= 0.3 is 0 Å². The van der Waals surface area contributed by atoms with Crippen molar-refractivity contribution in [3.8, 4) is 5.75 Å². The summed E-state index contributed by atoms with van der Waals surface area (Å²) in [6, 6.07) is 12.4. The molecule has 2 rings (SSSR count). The molecule has 104 valence electrons.